The number of allylic oxidation sites excluding steroid dienone is 3. The van der Waals surface area contributed by atoms with E-state index >= 15 is 4.79 Å². The molecule has 4 rings (SSSR count). The molecule has 0 radical (unpaired) electrons. The second-order valence-corrected chi connectivity index (χ2v) is 18.1. The number of aliphatic hydroxyl groups is 2. The van der Waals surface area contributed by atoms with Crippen LogP contribution in [0.15, 0.2) is 22.8 Å². The fourth-order valence-electron chi connectivity index (χ4n) is 9.92. The van der Waals surface area contributed by atoms with E-state index in [1.807, 2.05) is 47.6 Å². The van der Waals surface area contributed by atoms with Crippen LogP contribution in [0.5, 0.6) is 0 Å². The maximum absolute atomic E-state index is 15.1. The third-order valence-electron chi connectivity index (χ3n) is 13.0. The van der Waals surface area contributed by atoms with Crippen molar-refractivity contribution >= 4 is 29.3 Å². The first-order chi connectivity index (χ1) is 24.6. The number of hydrogen-bond donors (Lipinski definition) is 2. The molecule has 10 heteroatoms. The van der Waals surface area contributed by atoms with Crippen LogP contribution in [0.4, 0.5) is 0 Å². The van der Waals surface area contributed by atoms with E-state index in [4.69, 9.17) is 14.2 Å². The summed E-state index contributed by atoms with van der Waals surface area (Å²) in [5.74, 6) is -4.51. The number of methoxy groups -OCH3 is 1. The van der Waals surface area contributed by atoms with Crippen LogP contribution in [0.25, 0.3) is 0 Å². The average molecular weight is 743 g/mol. The number of carbonyl (C=O) groups excluding carboxylic acids is 5. The minimum absolute atomic E-state index is 0.00879. The number of ether oxygens (including phenoxy) is 3. The lowest BCUT2D eigenvalue weighted by atomic mass is 9.54. The van der Waals surface area contributed by atoms with E-state index in [9.17, 15) is 29.4 Å². The van der Waals surface area contributed by atoms with Crippen LogP contribution in [0.2, 0.25) is 0 Å². The van der Waals surface area contributed by atoms with E-state index in [-0.39, 0.29) is 67.2 Å². The van der Waals surface area contributed by atoms with Crippen LogP contribution in [-0.4, -0.2) is 76.1 Å². The van der Waals surface area contributed by atoms with Gasteiger partial charge in [0, 0.05) is 56.3 Å². The highest BCUT2D eigenvalue weighted by Gasteiger charge is 2.59. The van der Waals surface area contributed by atoms with Crippen LogP contribution in [0, 0.1) is 40.9 Å². The predicted molar refractivity (Wildman–Crippen MR) is 200 cm³/mol. The van der Waals surface area contributed by atoms with Crippen LogP contribution in [-0.2, 0) is 38.2 Å². The molecule has 2 heterocycles. The molecule has 10 nitrogen and oxygen atoms in total. The molecular formula is C43H66O10. The summed E-state index contributed by atoms with van der Waals surface area (Å²) in [6.45, 7) is 16.2. The summed E-state index contributed by atoms with van der Waals surface area (Å²) < 4.78 is 18.0. The van der Waals surface area contributed by atoms with Gasteiger partial charge in [-0.2, -0.15) is 0 Å². The van der Waals surface area contributed by atoms with Crippen LogP contribution < -0.4 is 0 Å². The molecule has 0 spiro atoms. The van der Waals surface area contributed by atoms with Crippen molar-refractivity contribution in [2.24, 2.45) is 40.9 Å². The molecule has 0 unspecified atom stereocenters. The summed E-state index contributed by atoms with van der Waals surface area (Å²) >= 11 is 0. The van der Waals surface area contributed by atoms with E-state index in [2.05, 4.69) is 0 Å². The van der Waals surface area contributed by atoms with Crippen molar-refractivity contribution in [3.63, 3.8) is 0 Å². The van der Waals surface area contributed by atoms with Gasteiger partial charge in [0.05, 0.1) is 35.9 Å². The van der Waals surface area contributed by atoms with Gasteiger partial charge in [0.1, 0.15) is 23.5 Å². The second-order valence-electron chi connectivity index (χ2n) is 18.1. The fraction of sp³-hybridized carbons (Fsp3) is 0.791. The van der Waals surface area contributed by atoms with Gasteiger partial charge in [0.2, 0.25) is 0 Å². The molecule has 2 bridgehead atoms. The largest absolute Gasteiger partial charge is 0.469 e. The van der Waals surface area contributed by atoms with Crippen LogP contribution >= 0.6 is 0 Å². The standard InChI is InChI=1S/C43H66O10/c1-24(2)30-20-32(45)27(5)13-11-12-25(3)19-33(46)39-31-18-26(4)14-15-36-41(8,49)17-16-37(53-36)42(9,50)23-35(52-29(7)44)38(31)28(6)21-43(39,22-34(30)47)40(48)51-10/h18,24-25,27,30-31,35-37,39,49-50H,11-17,19-23H2,1-10H3/b26-18+/t25-,27+,30-,31+,35+,36-,37+,39+,41+,42-,43+/m0/s1. The third kappa shape index (κ3) is 9.58. The summed E-state index contributed by atoms with van der Waals surface area (Å²) in [4.78, 5) is 70.5. The topological polar surface area (TPSA) is 154 Å². The SMILES string of the molecule is COC(=O)[C@]12CC(=O)[C@H](C(C)C)CC(=O)[C@H](C)CCC[C@H](C)CC(=O)[C@H]1[C@@H]1/C=C(\C)CC[C@@H]3O[C@H](CC[C@@]3(C)O)[C@@](C)(O)C[C@@H](OC(C)=O)C1=C(C)C2. The molecule has 1 saturated heterocycles. The van der Waals surface area contributed by atoms with Crippen molar-refractivity contribution in [1.82, 2.24) is 0 Å². The highest BCUT2D eigenvalue weighted by molar-refractivity contribution is 5.96. The molecular weight excluding hydrogens is 676 g/mol. The van der Waals surface area contributed by atoms with Crippen molar-refractivity contribution in [1.29, 1.82) is 0 Å². The Balaban J connectivity index is 2.01. The van der Waals surface area contributed by atoms with E-state index in [1.165, 1.54) is 14.0 Å². The lowest BCUT2D eigenvalue weighted by molar-refractivity contribution is -0.220. The molecule has 298 valence electrons. The lowest BCUT2D eigenvalue weighted by Crippen LogP contribution is -2.56. The highest BCUT2D eigenvalue weighted by atomic mass is 16.5. The van der Waals surface area contributed by atoms with E-state index in [1.54, 1.807) is 13.8 Å². The Morgan fingerprint density at radius 2 is 1.57 bits per heavy atom. The van der Waals surface area contributed by atoms with Crippen molar-refractivity contribution < 1.29 is 48.4 Å². The third-order valence-corrected chi connectivity index (χ3v) is 13.0. The zero-order valence-electron chi connectivity index (χ0n) is 33.9. The van der Waals surface area contributed by atoms with Crippen molar-refractivity contribution in [3.05, 3.63) is 22.8 Å². The van der Waals surface area contributed by atoms with Gasteiger partial charge in [0.15, 0.2) is 0 Å². The number of Topliss-reactive ketones (excluding diaryl/α,β-unsaturated/α-hetero) is 3. The van der Waals surface area contributed by atoms with Crippen molar-refractivity contribution in [2.75, 3.05) is 7.11 Å². The summed E-state index contributed by atoms with van der Waals surface area (Å²) in [7, 11) is 1.28. The fourth-order valence-corrected chi connectivity index (χ4v) is 9.92. The van der Waals surface area contributed by atoms with Gasteiger partial charge in [-0.3, -0.25) is 24.0 Å². The molecule has 2 fully saturated rings. The number of rotatable bonds is 3. The monoisotopic (exact) mass is 742 g/mol. The van der Waals surface area contributed by atoms with Gasteiger partial charge < -0.3 is 24.4 Å². The first-order valence-corrected chi connectivity index (χ1v) is 19.9. The Labute approximate surface area is 316 Å². The predicted octanol–water partition coefficient (Wildman–Crippen LogP) is 6.82. The first kappa shape index (κ1) is 43.0. The smallest absolute Gasteiger partial charge is 0.313 e. The number of hydrogen-bond acceptors (Lipinski definition) is 10. The zero-order chi connectivity index (χ0) is 39.6. The summed E-state index contributed by atoms with van der Waals surface area (Å²) in [5.41, 5.74) is -1.99. The highest BCUT2D eigenvalue weighted by Crippen LogP contribution is 2.55. The molecule has 0 aromatic carbocycles. The maximum Gasteiger partial charge on any atom is 0.313 e. The second kappa shape index (κ2) is 17.0. The molecule has 2 aliphatic heterocycles. The van der Waals surface area contributed by atoms with Gasteiger partial charge in [-0.1, -0.05) is 57.8 Å². The molecule has 4 aliphatic rings. The van der Waals surface area contributed by atoms with Gasteiger partial charge in [0.25, 0.3) is 0 Å². The van der Waals surface area contributed by atoms with Gasteiger partial charge in [-0.05, 0) is 83.6 Å². The summed E-state index contributed by atoms with van der Waals surface area (Å²) in [6, 6.07) is 0. The quantitative estimate of drug-likeness (QED) is 0.233. The Hall–Kier alpha value is -2.69. The van der Waals surface area contributed by atoms with Crippen LogP contribution in [0.1, 0.15) is 139 Å². The van der Waals surface area contributed by atoms with E-state index in [0.717, 1.165) is 18.4 Å². The summed E-state index contributed by atoms with van der Waals surface area (Å²) in [6.07, 6.45) is 3.59. The normalized spacial score (nSPS) is 40.8. The maximum atomic E-state index is 15.1. The average Bonchev–Trinajstić information content (AvgIpc) is 3.03. The molecule has 1 saturated carbocycles. The Morgan fingerprint density at radius 1 is 0.906 bits per heavy atom. The number of ketones is 3. The van der Waals surface area contributed by atoms with Gasteiger partial charge in [-0.15, -0.1) is 0 Å². The number of esters is 2. The first-order valence-electron chi connectivity index (χ1n) is 19.9. The summed E-state index contributed by atoms with van der Waals surface area (Å²) in [5, 5.41) is 23.4. The van der Waals surface area contributed by atoms with Crippen molar-refractivity contribution in [2.45, 2.75) is 169 Å². The molecule has 53 heavy (non-hydrogen) atoms. The number of fused-ring (bicyclic) bond motifs is 5. The molecule has 0 amide bonds. The Morgan fingerprint density at radius 3 is 2.19 bits per heavy atom. The molecule has 0 aromatic heterocycles. The molecule has 2 aliphatic carbocycles. The molecule has 2 N–H and O–H groups in total. The Kier molecular flexibility index (Phi) is 13.8. The molecule has 11 atom stereocenters. The van der Waals surface area contributed by atoms with Crippen molar-refractivity contribution in [3.8, 4) is 0 Å². The van der Waals surface area contributed by atoms with E-state index < -0.39 is 64.6 Å². The molecule has 0 aromatic rings. The van der Waals surface area contributed by atoms with Gasteiger partial charge >= 0.3 is 11.9 Å². The van der Waals surface area contributed by atoms with Gasteiger partial charge in [-0.25, -0.2) is 0 Å². The number of carbonyl (C=O) groups is 5. The van der Waals surface area contributed by atoms with Crippen LogP contribution in [0.3, 0.4) is 0 Å². The van der Waals surface area contributed by atoms with E-state index in [0.29, 0.717) is 43.3 Å². The Bertz CT molecular complexity index is 1470. The minimum atomic E-state index is -1.59. The minimum Gasteiger partial charge on any atom is -0.469 e. The lowest BCUT2D eigenvalue weighted by Gasteiger charge is -2.50. The zero-order valence-corrected chi connectivity index (χ0v) is 33.9.